The molecule has 0 aliphatic rings. The highest BCUT2D eigenvalue weighted by molar-refractivity contribution is 7.21. The molecule has 0 spiro atoms. The lowest BCUT2D eigenvalue weighted by atomic mass is 9.97. The molecule has 0 saturated heterocycles. The summed E-state index contributed by atoms with van der Waals surface area (Å²) in [4.78, 5) is 27.8. The van der Waals surface area contributed by atoms with Gasteiger partial charge in [0.25, 0.3) is 5.69 Å². The maximum absolute atomic E-state index is 12.7. The number of rotatable bonds is 5. The third-order valence-electron chi connectivity index (χ3n) is 4.75. The zero-order valence-corrected chi connectivity index (χ0v) is 16.3. The maximum Gasteiger partial charge on any atom is 0.273 e. The Balaban J connectivity index is 1.61. The van der Waals surface area contributed by atoms with Crippen molar-refractivity contribution in [3.05, 3.63) is 87.5 Å². The first-order valence-corrected chi connectivity index (χ1v) is 9.70. The van der Waals surface area contributed by atoms with Crippen molar-refractivity contribution in [3.8, 4) is 16.3 Å². The molecule has 0 amide bonds. The van der Waals surface area contributed by atoms with Crippen LogP contribution in [0.25, 0.3) is 20.8 Å². The van der Waals surface area contributed by atoms with Gasteiger partial charge in [-0.1, -0.05) is 30.3 Å². The molecule has 1 heterocycles. The summed E-state index contributed by atoms with van der Waals surface area (Å²) in [5.74, 6) is -0.191. The Labute approximate surface area is 170 Å². The summed E-state index contributed by atoms with van der Waals surface area (Å²) in [5.41, 5.74) is 2.68. The second kappa shape index (κ2) is 7.44. The predicted molar refractivity (Wildman–Crippen MR) is 113 cm³/mol. The molecule has 1 aromatic heterocycles. The Morgan fingerprint density at radius 2 is 1.93 bits per heavy atom. The van der Waals surface area contributed by atoms with E-state index in [4.69, 9.17) is 0 Å². The number of aromatic hydroxyl groups is 1. The van der Waals surface area contributed by atoms with Gasteiger partial charge in [-0.05, 0) is 36.8 Å². The monoisotopic (exact) mass is 404 g/mol. The molecule has 0 bridgehead atoms. The van der Waals surface area contributed by atoms with Gasteiger partial charge in [0.15, 0.2) is 5.78 Å². The highest BCUT2D eigenvalue weighted by Gasteiger charge is 2.19. The van der Waals surface area contributed by atoms with Gasteiger partial charge in [-0.25, -0.2) is 4.98 Å². The molecule has 0 radical (unpaired) electrons. The van der Waals surface area contributed by atoms with Gasteiger partial charge >= 0.3 is 0 Å². The van der Waals surface area contributed by atoms with Crippen molar-refractivity contribution in [3.63, 3.8) is 0 Å². The number of nitro benzene ring substituents is 1. The van der Waals surface area contributed by atoms with Gasteiger partial charge in [0.1, 0.15) is 10.8 Å². The number of Topliss-reactive ketones (excluding diaryl/α,β-unsaturated/α-hetero) is 1. The number of hydrogen-bond donors (Lipinski definition) is 1. The number of phenols is 1. The lowest BCUT2D eigenvalue weighted by Gasteiger charge is -2.07. The number of phenolic OH excluding ortho intramolecular Hbond substituents is 1. The van der Waals surface area contributed by atoms with Gasteiger partial charge in [-0.3, -0.25) is 14.9 Å². The molecular weight excluding hydrogens is 388 g/mol. The second-order valence-electron chi connectivity index (χ2n) is 6.65. The molecule has 0 fully saturated rings. The fourth-order valence-corrected chi connectivity index (χ4v) is 4.26. The second-order valence-corrected chi connectivity index (χ2v) is 7.68. The Hall–Kier alpha value is -3.58. The summed E-state index contributed by atoms with van der Waals surface area (Å²) < 4.78 is 1.03. The zero-order valence-electron chi connectivity index (χ0n) is 15.5. The normalized spacial score (nSPS) is 10.9. The van der Waals surface area contributed by atoms with E-state index in [1.807, 2.05) is 24.3 Å². The third-order valence-corrected chi connectivity index (χ3v) is 5.82. The third kappa shape index (κ3) is 3.60. The van der Waals surface area contributed by atoms with Crippen molar-refractivity contribution >= 4 is 33.0 Å². The molecule has 0 unspecified atom stereocenters. The topological polar surface area (TPSA) is 93.3 Å². The Bertz CT molecular complexity index is 1230. The van der Waals surface area contributed by atoms with Crippen molar-refractivity contribution in [1.82, 2.24) is 4.98 Å². The lowest BCUT2D eigenvalue weighted by molar-refractivity contribution is -0.385. The molecule has 0 atom stereocenters. The van der Waals surface area contributed by atoms with Crippen LogP contribution in [0, 0.1) is 17.0 Å². The number of carbonyl (C=O) groups excluding carboxylic acids is 1. The van der Waals surface area contributed by atoms with Crippen LogP contribution in [0.5, 0.6) is 5.75 Å². The molecule has 0 saturated carbocycles. The van der Waals surface area contributed by atoms with E-state index in [-0.39, 0.29) is 23.6 Å². The fourth-order valence-electron chi connectivity index (χ4n) is 3.26. The Morgan fingerprint density at radius 1 is 1.14 bits per heavy atom. The van der Waals surface area contributed by atoms with E-state index >= 15 is 0 Å². The summed E-state index contributed by atoms with van der Waals surface area (Å²) in [6.45, 7) is 1.57. The number of carbonyl (C=O) groups is 1. The van der Waals surface area contributed by atoms with Crippen LogP contribution >= 0.6 is 11.3 Å². The van der Waals surface area contributed by atoms with Crippen molar-refractivity contribution in [1.29, 1.82) is 0 Å². The Morgan fingerprint density at radius 3 is 2.66 bits per heavy atom. The van der Waals surface area contributed by atoms with E-state index in [1.54, 1.807) is 31.2 Å². The van der Waals surface area contributed by atoms with E-state index in [2.05, 4.69) is 4.98 Å². The Kier molecular flexibility index (Phi) is 4.82. The summed E-state index contributed by atoms with van der Waals surface area (Å²) in [5, 5.41) is 22.3. The number of thiazole rings is 1. The molecule has 4 rings (SSSR count). The molecule has 7 heteroatoms. The largest absolute Gasteiger partial charge is 0.507 e. The summed E-state index contributed by atoms with van der Waals surface area (Å²) in [6, 6.07) is 17.3. The standard InChI is InChI=1S/C22H16N2O4S/c1-13-15(5-4-7-18(13)24(27)28)19(25)11-14-9-10-16(20(26)12-14)22-23-17-6-2-3-8-21(17)29-22/h2-10,12,26H,11H2,1H3. The van der Waals surface area contributed by atoms with Crippen molar-refractivity contribution in [2.24, 2.45) is 0 Å². The van der Waals surface area contributed by atoms with Gasteiger partial charge in [-0.2, -0.15) is 0 Å². The molecule has 1 N–H and O–H groups in total. The lowest BCUT2D eigenvalue weighted by Crippen LogP contribution is -2.07. The van der Waals surface area contributed by atoms with Gasteiger partial charge < -0.3 is 5.11 Å². The minimum absolute atomic E-state index is 0.0374. The van der Waals surface area contributed by atoms with Crippen molar-refractivity contribution in [2.75, 3.05) is 0 Å². The van der Waals surface area contributed by atoms with Crippen molar-refractivity contribution < 1.29 is 14.8 Å². The van der Waals surface area contributed by atoms with E-state index in [1.165, 1.54) is 23.5 Å². The molecule has 6 nitrogen and oxygen atoms in total. The van der Waals surface area contributed by atoms with Gasteiger partial charge in [0.2, 0.25) is 0 Å². The smallest absolute Gasteiger partial charge is 0.273 e. The van der Waals surface area contributed by atoms with Crippen LogP contribution in [0.1, 0.15) is 21.5 Å². The molecule has 3 aromatic carbocycles. The maximum atomic E-state index is 12.7. The van der Waals surface area contributed by atoms with Crippen LogP contribution in [0.15, 0.2) is 60.7 Å². The van der Waals surface area contributed by atoms with E-state index in [0.717, 1.165) is 10.2 Å². The minimum atomic E-state index is -0.495. The average molecular weight is 404 g/mol. The quantitative estimate of drug-likeness (QED) is 0.276. The number of nitro groups is 1. The number of aromatic nitrogens is 1. The van der Waals surface area contributed by atoms with Gasteiger partial charge in [-0.15, -0.1) is 11.3 Å². The molecular formula is C22H16N2O4S. The fraction of sp³-hybridized carbons (Fsp3) is 0.0909. The number of para-hydroxylation sites is 1. The van der Waals surface area contributed by atoms with Gasteiger partial charge in [0, 0.05) is 23.6 Å². The van der Waals surface area contributed by atoms with Crippen LogP contribution in [-0.2, 0) is 6.42 Å². The SMILES string of the molecule is Cc1c(C(=O)Cc2ccc(-c3nc4ccccc4s3)c(O)c2)cccc1[N+](=O)[O-]. The number of hydrogen-bond acceptors (Lipinski definition) is 6. The highest BCUT2D eigenvalue weighted by Crippen LogP contribution is 2.36. The average Bonchev–Trinajstić information content (AvgIpc) is 3.11. The van der Waals surface area contributed by atoms with E-state index < -0.39 is 4.92 Å². The van der Waals surface area contributed by atoms with Crippen molar-refractivity contribution in [2.45, 2.75) is 13.3 Å². The van der Waals surface area contributed by atoms with E-state index in [0.29, 0.717) is 27.3 Å². The van der Waals surface area contributed by atoms with Crippen LogP contribution in [0.4, 0.5) is 5.69 Å². The first kappa shape index (κ1) is 18.8. The van der Waals surface area contributed by atoms with Crippen LogP contribution in [-0.4, -0.2) is 20.8 Å². The molecule has 29 heavy (non-hydrogen) atoms. The summed E-state index contributed by atoms with van der Waals surface area (Å²) in [6.07, 6.45) is 0.0374. The summed E-state index contributed by atoms with van der Waals surface area (Å²) >= 11 is 1.49. The van der Waals surface area contributed by atoms with Crippen LogP contribution < -0.4 is 0 Å². The molecule has 144 valence electrons. The number of benzene rings is 3. The number of nitrogens with zero attached hydrogens (tertiary/aromatic N) is 2. The van der Waals surface area contributed by atoms with Gasteiger partial charge in [0.05, 0.1) is 20.7 Å². The summed E-state index contributed by atoms with van der Waals surface area (Å²) in [7, 11) is 0. The van der Waals surface area contributed by atoms with Crippen LogP contribution in [0.3, 0.4) is 0 Å². The molecule has 0 aliphatic heterocycles. The first-order chi connectivity index (χ1) is 13.9. The zero-order chi connectivity index (χ0) is 20.5. The molecule has 4 aromatic rings. The first-order valence-electron chi connectivity index (χ1n) is 8.89. The van der Waals surface area contributed by atoms with Crippen LogP contribution in [0.2, 0.25) is 0 Å². The number of ketones is 1. The minimum Gasteiger partial charge on any atom is -0.507 e. The number of fused-ring (bicyclic) bond motifs is 1. The highest BCUT2D eigenvalue weighted by atomic mass is 32.1. The molecule has 0 aliphatic carbocycles. The predicted octanol–water partition coefficient (Wildman–Crippen LogP) is 5.31. The van der Waals surface area contributed by atoms with E-state index in [9.17, 15) is 20.0 Å².